The van der Waals surface area contributed by atoms with Gasteiger partial charge in [0.2, 0.25) is 10.0 Å². The number of nitrogens with one attached hydrogen (secondary N) is 1. The Morgan fingerprint density at radius 1 is 1.06 bits per heavy atom. The highest BCUT2D eigenvalue weighted by Gasteiger charge is 2.31. The molecule has 11 heteroatoms. The summed E-state index contributed by atoms with van der Waals surface area (Å²) in [5.41, 5.74) is 1.80. The van der Waals surface area contributed by atoms with Crippen LogP contribution in [-0.4, -0.2) is 64.6 Å². The van der Waals surface area contributed by atoms with Crippen LogP contribution >= 0.6 is 0 Å². The van der Waals surface area contributed by atoms with Gasteiger partial charge in [0, 0.05) is 26.2 Å². The Balaban J connectivity index is 1.45. The number of hydrogen-bond donors (Lipinski definition) is 1. The van der Waals surface area contributed by atoms with Crippen LogP contribution in [0.2, 0.25) is 0 Å². The fraction of sp³-hybridized carbons (Fsp3) is 0.350. The van der Waals surface area contributed by atoms with E-state index < -0.39 is 25.9 Å². The SMILES string of the molecule is Cc1ccc2c(c1)S(=O)(=O)N=C(CN1CCN(S(=O)(=O)c3cc(F)ccc3C)CC1)N2. The maximum atomic E-state index is 13.6. The molecule has 2 heterocycles. The van der Waals surface area contributed by atoms with E-state index in [-0.39, 0.29) is 29.4 Å². The molecule has 0 saturated carbocycles. The number of anilines is 1. The first-order chi connectivity index (χ1) is 14.6. The van der Waals surface area contributed by atoms with Crippen LogP contribution in [0.15, 0.2) is 50.6 Å². The van der Waals surface area contributed by atoms with Gasteiger partial charge in [0.25, 0.3) is 10.0 Å². The number of amidine groups is 1. The van der Waals surface area contributed by atoms with Gasteiger partial charge in [-0.05, 0) is 49.2 Å². The third kappa shape index (κ3) is 4.36. The zero-order valence-electron chi connectivity index (χ0n) is 17.2. The molecule has 0 aliphatic carbocycles. The molecule has 1 fully saturated rings. The second-order valence-corrected chi connectivity index (χ2v) is 11.2. The highest BCUT2D eigenvalue weighted by Crippen LogP contribution is 2.28. The summed E-state index contributed by atoms with van der Waals surface area (Å²) in [6.07, 6.45) is 0. The quantitative estimate of drug-likeness (QED) is 0.740. The van der Waals surface area contributed by atoms with Crippen LogP contribution < -0.4 is 5.32 Å². The molecule has 0 unspecified atom stereocenters. The van der Waals surface area contributed by atoms with E-state index >= 15 is 0 Å². The molecule has 8 nitrogen and oxygen atoms in total. The molecule has 2 aromatic carbocycles. The van der Waals surface area contributed by atoms with E-state index in [9.17, 15) is 21.2 Å². The van der Waals surface area contributed by atoms with Crippen molar-refractivity contribution in [3.05, 3.63) is 53.3 Å². The van der Waals surface area contributed by atoms with Gasteiger partial charge < -0.3 is 5.32 Å². The van der Waals surface area contributed by atoms with Crippen LogP contribution in [0, 0.1) is 19.7 Å². The molecule has 31 heavy (non-hydrogen) atoms. The first-order valence-electron chi connectivity index (χ1n) is 9.76. The minimum absolute atomic E-state index is 0.0303. The second-order valence-electron chi connectivity index (χ2n) is 7.73. The van der Waals surface area contributed by atoms with Crippen molar-refractivity contribution >= 4 is 31.6 Å². The Hall–Kier alpha value is -2.34. The number of sulfonamides is 2. The predicted octanol–water partition coefficient (Wildman–Crippen LogP) is 1.96. The topological polar surface area (TPSA) is 99.2 Å². The zero-order valence-corrected chi connectivity index (χ0v) is 18.8. The summed E-state index contributed by atoms with van der Waals surface area (Å²) in [7, 11) is -7.60. The van der Waals surface area contributed by atoms with Crippen molar-refractivity contribution < 1.29 is 21.2 Å². The van der Waals surface area contributed by atoms with Gasteiger partial charge in [0.05, 0.1) is 17.1 Å². The minimum atomic E-state index is -3.81. The van der Waals surface area contributed by atoms with Crippen molar-refractivity contribution in [2.45, 2.75) is 23.6 Å². The summed E-state index contributed by atoms with van der Waals surface area (Å²) in [6, 6.07) is 8.84. The third-order valence-electron chi connectivity index (χ3n) is 5.40. The number of rotatable bonds is 4. The molecule has 0 aromatic heterocycles. The Morgan fingerprint density at radius 2 is 1.77 bits per heavy atom. The Morgan fingerprint density at radius 3 is 2.48 bits per heavy atom. The number of aryl methyl sites for hydroxylation is 2. The highest BCUT2D eigenvalue weighted by atomic mass is 32.2. The molecule has 2 aliphatic heterocycles. The molecule has 4 rings (SSSR count). The number of piperazine rings is 1. The molecule has 0 radical (unpaired) electrons. The fourth-order valence-electron chi connectivity index (χ4n) is 3.72. The van der Waals surface area contributed by atoms with Gasteiger partial charge in [-0.1, -0.05) is 12.1 Å². The molecule has 2 aromatic rings. The second kappa shape index (κ2) is 7.97. The van der Waals surface area contributed by atoms with Gasteiger partial charge in [0.15, 0.2) is 0 Å². The zero-order chi connectivity index (χ0) is 22.4. The monoisotopic (exact) mass is 466 g/mol. The van der Waals surface area contributed by atoms with E-state index in [4.69, 9.17) is 0 Å². The molecule has 0 bridgehead atoms. The van der Waals surface area contributed by atoms with Crippen LogP contribution in [-0.2, 0) is 20.0 Å². The first kappa shape index (κ1) is 21.9. The van der Waals surface area contributed by atoms with E-state index in [2.05, 4.69) is 9.71 Å². The summed E-state index contributed by atoms with van der Waals surface area (Å²) >= 11 is 0. The van der Waals surface area contributed by atoms with Gasteiger partial charge in [-0.15, -0.1) is 4.40 Å². The van der Waals surface area contributed by atoms with Crippen LogP contribution in [0.1, 0.15) is 11.1 Å². The lowest BCUT2D eigenvalue weighted by molar-refractivity contribution is 0.209. The first-order valence-corrected chi connectivity index (χ1v) is 12.6. The number of fused-ring (bicyclic) bond motifs is 1. The normalized spacial score (nSPS) is 19.4. The van der Waals surface area contributed by atoms with Gasteiger partial charge in [-0.25, -0.2) is 12.8 Å². The van der Waals surface area contributed by atoms with Crippen LogP contribution in [0.5, 0.6) is 0 Å². The number of halogens is 1. The molecule has 2 aliphatic rings. The molecular formula is C20H23FN4O4S2. The van der Waals surface area contributed by atoms with Gasteiger partial charge in [-0.2, -0.15) is 12.7 Å². The standard InChI is InChI=1S/C20H23FN4O4S2/c1-14-3-6-17-19(11-14)30(26,27)23-20(22-17)13-24-7-9-25(10-8-24)31(28,29)18-12-16(21)5-4-15(18)2/h3-6,11-12H,7-10,13H2,1-2H3,(H,22,23). The Labute approximate surface area is 181 Å². The largest absolute Gasteiger partial charge is 0.341 e. The van der Waals surface area contributed by atoms with Crippen molar-refractivity contribution in [3.8, 4) is 0 Å². The van der Waals surface area contributed by atoms with Gasteiger partial charge in [0.1, 0.15) is 16.5 Å². The van der Waals surface area contributed by atoms with E-state index in [1.807, 2.05) is 17.9 Å². The van der Waals surface area contributed by atoms with Crippen LogP contribution in [0.4, 0.5) is 10.1 Å². The lowest BCUT2D eigenvalue weighted by atomic mass is 10.2. The van der Waals surface area contributed by atoms with Gasteiger partial charge >= 0.3 is 0 Å². The molecular weight excluding hydrogens is 443 g/mol. The lowest BCUT2D eigenvalue weighted by Crippen LogP contribution is -2.50. The Kier molecular flexibility index (Phi) is 5.63. The summed E-state index contributed by atoms with van der Waals surface area (Å²) in [6.45, 7) is 4.93. The summed E-state index contributed by atoms with van der Waals surface area (Å²) in [5, 5.41) is 3.06. The average molecular weight is 467 g/mol. The number of hydrogen-bond acceptors (Lipinski definition) is 6. The van der Waals surface area contributed by atoms with Crippen molar-refractivity contribution in [2.24, 2.45) is 4.40 Å². The van der Waals surface area contributed by atoms with Crippen LogP contribution in [0.3, 0.4) is 0 Å². The van der Waals surface area contributed by atoms with Crippen molar-refractivity contribution in [2.75, 3.05) is 38.0 Å². The molecule has 1 N–H and O–H groups in total. The van der Waals surface area contributed by atoms with Crippen molar-refractivity contribution in [3.63, 3.8) is 0 Å². The summed E-state index contributed by atoms with van der Waals surface area (Å²) in [4.78, 5) is 2.06. The van der Waals surface area contributed by atoms with Crippen LogP contribution in [0.25, 0.3) is 0 Å². The molecule has 166 valence electrons. The molecule has 0 amide bonds. The van der Waals surface area contributed by atoms with E-state index in [1.54, 1.807) is 19.1 Å². The molecule has 0 spiro atoms. The predicted molar refractivity (Wildman–Crippen MR) is 116 cm³/mol. The number of nitrogens with zero attached hydrogens (tertiary/aromatic N) is 3. The maximum absolute atomic E-state index is 13.6. The average Bonchev–Trinajstić information content (AvgIpc) is 2.70. The minimum Gasteiger partial charge on any atom is -0.341 e. The highest BCUT2D eigenvalue weighted by molar-refractivity contribution is 7.90. The lowest BCUT2D eigenvalue weighted by Gasteiger charge is -2.34. The number of benzene rings is 2. The fourth-order valence-corrected chi connectivity index (χ4v) is 6.60. The molecule has 1 saturated heterocycles. The van der Waals surface area contributed by atoms with Crippen molar-refractivity contribution in [1.82, 2.24) is 9.21 Å². The van der Waals surface area contributed by atoms with Crippen molar-refractivity contribution in [1.29, 1.82) is 0 Å². The maximum Gasteiger partial charge on any atom is 0.286 e. The van der Waals surface area contributed by atoms with E-state index in [0.717, 1.165) is 11.6 Å². The third-order valence-corrected chi connectivity index (χ3v) is 8.79. The smallest absolute Gasteiger partial charge is 0.286 e. The van der Waals surface area contributed by atoms with E-state index in [1.165, 1.54) is 16.4 Å². The van der Waals surface area contributed by atoms with Gasteiger partial charge in [-0.3, -0.25) is 4.90 Å². The van der Waals surface area contributed by atoms with E-state index in [0.29, 0.717) is 30.2 Å². The Bertz CT molecular complexity index is 1270. The summed E-state index contributed by atoms with van der Waals surface area (Å²) in [5.74, 6) is -0.297. The molecule has 0 atom stereocenters. The summed E-state index contributed by atoms with van der Waals surface area (Å²) < 4.78 is 69.7.